The van der Waals surface area contributed by atoms with Gasteiger partial charge in [-0.25, -0.2) is 4.98 Å². The van der Waals surface area contributed by atoms with Crippen molar-refractivity contribution in [1.29, 1.82) is 0 Å². The molecule has 0 unspecified atom stereocenters. The molecule has 0 spiro atoms. The number of carbonyl (C=O) groups excluding carboxylic acids is 1. The van der Waals surface area contributed by atoms with Crippen LogP contribution < -0.4 is 10.9 Å². The van der Waals surface area contributed by atoms with E-state index in [1.807, 2.05) is 30.3 Å². The van der Waals surface area contributed by atoms with Gasteiger partial charge in [-0.3, -0.25) is 25.8 Å². The van der Waals surface area contributed by atoms with Gasteiger partial charge in [0.1, 0.15) is 16.4 Å². The molecule has 2 aromatic carbocycles. The number of carbonyl (C=O) groups is 1. The van der Waals surface area contributed by atoms with Crippen LogP contribution in [0, 0.1) is 10.1 Å². The van der Waals surface area contributed by atoms with Gasteiger partial charge in [-0.2, -0.15) is 0 Å². The summed E-state index contributed by atoms with van der Waals surface area (Å²) in [6.45, 7) is 0. The summed E-state index contributed by atoms with van der Waals surface area (Å²) in [5.41, 5.74) is 6.24. The molecule has 0 radical (unpaired) electrons. The first-order valence-corrected chi connectivity index (χ1v) is 7.84. The molecule has 0 aliphatic carbocycles. The molecule has 3 aromatic rings. The number of aromatic nitrogens is 1. The highest BCUT2D eigenvalue weighted by Gasteiger charge is 2.15. The number of nitrogens with zero attached hydrogens (tertiary/aromatic N) is 2. The summed E-state index contributed by atoms with van der Waals surface area (Å²) >= 11 is 1.35. The molecule has 1 amide bonds. The summed E-state index contributed by atoms with van der Waals surface area (Å²) < 4.78 is 0. The molecular formula is C16H12N4O3S. The summed E-state index contributed by atoms with van der Waals surface area (Å²) in [4.78, 5) is 26.8. The van der Waals surface area contributed by atoms with Gasteiger partial charge in [0, 0.05) is 17.0 Å². The van der Waals surface area contributed by atoms with Gasteiger partial charge in [0.25, 0.3) is 11.6 Å². The second-order valence-corrected chi connectivity index (χ2v) is 5.62. The number of thiazole rings is 1. The molecule has 3 rings (SSSR count). The van der Waals surface area contributed by atoms with E-state index < -0.39 is 10.8 Å². The van der Waals surface area contributed by atoms with Crippen molar-refractivity contribution in [2.75, 3.05) is 5.43 Å². The second kappa shape index (κ2) is 6.88. The molecule has 0 bridgehead atoms. The van der Waals surface area contributed by atoms with Gasteiger partial charge < -0.3 is 0 Å². The fraction of sp³-hybridized carbons (Fsp3) is 0. The number of amides is 1. The summed E-state index contributed by atoms with van der Waals surface area (Å²) in [6, 6.07) is 15.6. The van der Waals surface area contributed by atoms with Crippen LogP contribution >= 0.6 is 11.3 Å². The molecule has 8 heteroatoms. The van der Waals surface area contributed by atoms with E-state index in [1.54, 1.807) is 17.5 Å². The SMILES string of the molecule is O=C(NNc1ccccc1[N+](=O)[O-])c1csc(-c2ccccc2)n1. The third kappa shape index (κ3) is 3.39. The second-order valence-electron chi connectivity index (χ2n) is 4.76. The molecule has 1 heterocycles. The van der Waals surface area contributed by atoms with Crippen LogP contribution in [0.4, 0.5) is 11.4 Å². The molecule has 0 saturated carbocycles. The summed E-state index contributed by atoms with van der Waals surface area (Å²) in [7, 11) is 0. The molecule has 0 fully saturated rings. The quantitative estimate of drug-likeness (QED) is 0.547. The van der Waals surface area contributed by atoms with E-state index in [-0.39, 0.29) is 17.1 Å². The molecule has 0 aliphatic rings. The van der Waals surface area contributed by atoms with E-state index in [0.717, 1.165) is 10.6 Å². The summed E-state index contributed by atoms with van der Waals surface area (Å²) in [5, 5.41) is 13.3. The van der Waals surface area contributed by atoms with Gasteiger partial charge in [-0.1, -0.05) is 42.5 Å². The van der Waals surface area contributed by atoms with E-state index in [4.69, 9.17) is 0 Å². The first kappa shape index (κ1) is 15.6. The maximum absolute atomic E-state index is 12.1. The predicted octanol–water partition coefficient (Wildman–Crippen LogP) is 3.48. The lowest BCUT2D eigenvalue weighted by molar-refractivity contribution is -0.384. The van der Waals surface area contributed by atoms with Crippen LogP contribution in [-0.2, 0) is 0 Å². The Morgan fingerprint density at radius 3 is 2.54 bits per heavy atom. The van der Waals surface area contributed by atoms with Crippen molar-refractivity contribution in [1.82, 2.24) is 10.4 Å². The molecule has 1 aromatic heterocycles. The van der Waals surface area contributed by atoms with E-state index >= 15 is 0 Å². The van der Waals surface area contributed by atoms with Gasteiger partial charge in [-0.05, 0) is 6.07 Å². The van der Waals surface area contributed by atoms with Gasteiger partial charge >= 0.3 is 0 Å². The minimum atomic E-state index is -0.523. The number of para-hydroxylation sites is 2. The molecule has 0 atom stereocenters. The van der Waals surface area contributed by atoms with Crippen LogP contribution in [0.3, 0.4) is 0 Å². The van der Waals surface area contributed by atoms with Crippen molar-refractivity contribution in [3.05, 3.63) is 75.8 Å². The monoisotopic (exact) mass is 340 g/mol. The van der Waals surface area contributed by atoms with Crippen LogP contribution in [0.2, 0.25) is 0 Å². The smallest absolute Gasteiger partial charge is 0.292 e. The van der Waals surface area contributed by atoms with Crippen LogP contribution in [0.5, 0.6) is 0 Å². The average Bonchev–Trinajstić information content (AvgIpc) is 3.11. The van der Waals surface area contributed by atoms with Gasteiger partial charge in [-0.15, -0.1) is 11.3 Å². The molecule has 0 aliphatic heterocycles. The Hall–Kier alpha value is -3.26. The molecule has 2 N–H and O–H groups in total. The van der Waals surface area contributed by atoms with E-state index in [1.165, 1.54) is 23.5 Å². The normalized spacial score (nSPS) is 10.2. The maximum atomic E-state index is 12.1. The Bertz CT molecular complexity index is 880. The van der Waals surface area contributed by atoms with Crippen molar-refractivity contribution < 1.29 is 9.72 Å². The third-order valence-corrected chi connectivity index (χ3v) is 4.06. The zero-order valence-corrected chi connectivity index (χ0v) is 13.1. The standard InChI is InChI=1S/C16H12N4O3S/c21-15(19-18-12-8-4-5-9-14(12)20(22)23)13-10-24-16(17-13)11-6-2-1-3-7-11/h1-10,18H,(H,19,21). The van der Waals surface area contributed by atoms with Gasteiger partial charge in [0.2, 0.25) is 0 Å². The molecule has 7 nitrogen and oxygen atoms in total. The van der Waals surface area contributed by atoms with Crippen LogP contribution in [0.15, 0.2) is 60.0 Å². The number of hydrogen-bond acceptors (Lipinski definition) is 6. The number of hydrazine groups is 1. The number of nitro groups is 1. The van der Waals surface area contributed by atoms with E-state index in [9.17, 15) is 14.9 Å². The van der Waals surface area contributed by atoms with Crippen molar-refractivity contribution in [2.24, 2.45) is 0 Å². The minimum absolute atomic E-state index is 0.124. The van der Waals surface area contributed by atoms with Crippen LogP contribution in [0.1, 0.15) is 10.5 Å². The van der Waals surface area contributed by atoms with E-state index in [0.29, 0.717) is 0 Å². The number of anilines is 1. The summed E-state index contributed by atoms with van der Waals surface area (Å²) in [6.07, 6.45) is 0. The topological polar surface area (TPSA) is 97.2 Å². The van der Waals surface area contributed by atoms with Crippen LogP contribution in [0.25, 0.3) is 10.6 Å². The molecule has 24 heavy (non-hydrogen) atoms. The first-order chi connectivity index (χ1) is 11.6. The predicted molar refractivity (Wildman–Crippen MR) is 91.7 cm³/mol. The van der Waals surface area contributed by atoms with Crippen molar-refractivity contribution in [2.45, 2.75) is 0 Å². The van der Waals surface area contributed by atoms with E-state index in [2.05, 4.69) is 15.8 Å². The third-order valence-electron chi connectivity index (χ3n) is 3.17. The maximum Gasteiger partial charge on any atom is 0.294 e. The molecule has 120 valence electrons. The Morgan fingerprint density at radius 2 is 1.79 bits per heavy atom. The Balaban J connectivity index is 1.71. The zero-order valence-electron chi connectivity index (χ0n) is 12.3. The van der Waals surface area contributed by atoms with Crippen molar-refractivity contribution in [3.8, 4) is 10.6 Å². The number of nitrogens with one attached hydrogen (secondary N) is 2. The zero-order chi connectivity index (χ0) is 16.9. The fourth-order valence-corrected chi connectivity index (χ4v) is 2.82. The minimum Gasteiger partial charge on any atom is -0.292 e. The van der Waals surface area contributed by atoms with Crippen LogP contribution in [-0.4, -0.2) is 15.8 Å². The highest BCUT2D eigenvalue weighted by molar-refractivity contribution is 7.13. The van der Waals surface area contributed by atoms with Gasteiger partial charge in [0.15, 0.2) is 0 Å². The highest BCUT2D eigenvalue weighted by Crippen LogP contribution is 2.24. The Kier molecular flexibility index (Phi) is 4.48. The van der Waals surface area contributed by atoms with Gasteiger partial charge in [0.05, 0.1) is 4.92 Å². The average molecular weight is 340 g/mol. The fourth-order valence-electron chi connectivity index (χ4n) is 2.02. The highest BCUT2D eigenvalue weighted by atomic mass is 32.1. The number of hydrogen-bond donors (Lipinski definition) is 2. The lowest BCUT2D eigenvalue weighted by atomic mass is 10.2. The first-order valence-electron chi connectivity index (χ1n) is 6.96. The number of benzene rings is 2. The lowest BCUT2D eigenvalue weighted by Gasteiger charge is -2.07. The lowest BCUT2D eigenvalue weighted by Crippen LogP contribution is -2.29. The number of nitro benzene ring substituents is 1. The Labute approximate surface area is 141 Å². The summed E-state index contributed by atoms with van der Waals surface area (Å²) in [5.74, 6) is -0.466. The molecule has 0 saturated heterocycles. The Morgan fingerprint density at radius 1 is 1.08 bits per heavy atom. The van der Waals surface area contributed by atoms with Crippen molar-refractivity contribution in [3.63, 3.8) is 0 Å². The van der Waals surface area contributed by atoms with Crippen molar-refractivity contribution >= 4 is 28.6 Å². The number of rotatable bonds is 5. The molecular weight excluding hydrogens is 328 g/mol. The largest absolute Gasteiger partial charge is 0.294 e.